The molecule has 21 heavy (non-hydrogen) atoms. The predicted molar refractivity (Wildman–Crippen MR) is 92.7 cm³/mol. The minimum absolute atomic E-state index is 0. The van der Waals surface area contributed by atoms with Crippen LogP contribution in [0, 0.1) is 5.92 Å². The van der Waals surface area contributed by atoms with Crippen molar-refractivity contribution < 1.29 is 4.79 Å². The van der Waals surface area contributed by atoms with Crippen molar-refractivity contribution in [2.75, 3.05) is 24.5 Å². The summed E-state index contributed by atoms with van der Waals surface area (Å²) in [6.45, 7) is 5.99. The molecule has 3 N–H and O–H groups in total. The summed E-state index contributed by atoms with van der Waals surface area (Å²) in [6.07, 6.45) is 1.09. The number of anilines is 1. The van der Waals surface area contributed by atoms with Gasteiger partial charge in [-0.3, -0.25) is 4.79 Å². The zero-order valence-corrected chi connectivity index (χ0v) is 14.2. The fourth-order valence-corrected chi connectivity index (χ4v) is 2.55. The van der Waals surface area contributed by atoms with Crippen molar-refractivity contribution in [3.63, 3.8) is 0 Å². The van der Waals surface area contributed by atoms with E-state index in [1.807, 2.05) is 6.92 Å². The first-order valence-corrected chi connectivity index (χ1v) is 6.95. The van der Waals surface area contributed by atoms with Gasteiger partial charge in [0.15, 0.2) is 0 Å². The summed E-state index contributed by atoms with van der Waals surface area (Å²) in [6, 6.07) is 8.99. The summed E-state index contributed by atoms with van der Waals surface area (Å²) in [4.78, 5) is 14.0. The third-order valence-electron chi connectivity index (χ3n) is 3.80. The van der Waals surface area contributed by atoms with Gasteiger partial charge in [-0.1, -0.05) is 25.1 Å². The number of carbonyl (C=O) groups is 1. The van der Waals surface area contributed by atoms with Crippen LogP contribution in [0.3, 0.4) is 0 Å². The van der Waals surface area contributed by atoms with E-state index in [1.165, 1.54) is 11.3 Å². The van der Waals surface area contributed by atoms with Crippen molar-refractivity contribution >= 4 is 36.4 Å². The van der Waals surface area contributed by atoms with Crippen LogP contribution in [-0.4, -0.2) is 31.6 Å². The van der Waals surface area contributed by atoms with Crippen molar-refractivity contribution in [1.82, 2.24) is 5.32 Å². The Morgan fingerprint density at radius 2 is 2.10 bits per heavy atom. The first-order valence-electron chi connectivity index (χ1n) is 6.95. The highest BCUT2D eigenvalue weighted by molar-refractivity contribution is 5.85. The van der Waals surface area contributed by atoms with Gasteiger partial charge in [0.25, 0.3) is 0 Å². The summed E-state index contributed by atoms with van der Waals surface area (Å²) in [5.74, 6) is -0.0640. The largest absolute Gasteiger partial charge is 0.367 e. The van der Waals surface area contributed by atoms with E-state index < -0.39 is 0 Å². The molecule has 1 amide bonds. The molecule has 0 bridgehead atoms. The van der Waals surface area contributed by atoms with Crippen molar-refractivity contribution in [2.45, 2.75) is 26.3 Å². The lowest BCUT2D eigenvalue weighted by atomic mass is 10.1. The van der Waals surface area contributed by atoms with E-state index in [2.05, 4.69) is 41.4 Å². The van der Waals surface area contributed by atoms with Crippen LogP contribution in [0.5, 0.6) is 0 Å². The van der Waals surface area contributed by atoms with Crippen molar-refractivity contribution in [2.24, 2.45) is 11.7 Å². The molecule has 2 rings (SSSR count). The van der Waals surface area contributed by atoms with Crippen LogP contribution in [0.4, 0.5) is 5.69 Å². The summed E-state index contributed by atoms with van der Waals surface area (Å²) < 4.78 is 0. The molecule has 0 aliphatic carbocycles. The van der Waals surface area contributed by atoms with Crippen molar-refractivity contribution in [1.29, 1.82) is 0 Å². The summed E-state index contributed by atoms with van der Waals surface area (Å²) in [5.41, 5.74) is 8.18. The summed E-state index contributed by atoms with van der Waals surface area (Å²) >= 11 is 0. The van der Waals surface area contributed by atoms with Gasteiger partial charge in [0.2, 0.25) is 5.91 Å². The number of nitrogens with zero attached hydrogens (tertiary/aromatic N) is 1. The topological polar surface area (TPSA) is 58.4 Å². The van der Waals surface area contributed by atoms with Crippen molar-refractivity contribution in [3.05, 3.63) is 29.8 Å². The second kappa shape index (κ2) is 9.13. The Hall–Kier alpha value is -0.970. The Morgan fingerprint density at radius 1 is 1.43 bits per heavy atom. The average Bonchev–Trinajstić information content (AvgIpc) is 2.74. The number of rotatable bonds is 5. The van der Waals surface area contributed by atoms with Crippen LogP contribution in [0.2, 0.25) is 0 Å². The molecule has 1 aliphatic rings. The molecule has 0 saturated heterocycles. The summed E-state index contributed by atoms with van der Waals surface area (Å²) in [5, 5.41) is 2.95. The number of hydrogen-bond acceptors (Lipinski definition) is 3. The molecule has 0 aromatic heterocycles. The molecule has 6 heteroatoms. The zero-order valence-electron chi connectivity index (χ0n) is 12.5. The standard InChI is InChI=1S/C15H23N3O.2ClH/c1-11(10-16)15(19)17-7-8-18-12(2)9-13-5-3-4-6-14(13)18;;/h3-6,11-12H,7-10,16H2,1-2H3,(H,17,19);2*1H. The Kier molecular flexibility index (Phi) is 8.71. The Bertz CT molecular complexity index is 456. The number of para-hydroxylation sites is 1. The second-order valence-corrected chi connectivity index (χ2v) is 5.30. The number of fused-ring (bicyclic) bond motifs is 1. The highest BCUT2D eigenvalue weighted by Crippen LogP contribution is 2.31. The minimum Gasteiger partial charge on any atom is -0.367 e. The number of nitrogens with one attached hydrogen (secondary N) is 1. The van der Waals surface area contributed by atoms with E-state index in [1.54, 1.807) is 0 Å². The highest BCUT2D eigenvalue weighted by atomic mass is 35.5. The number of nitrogens with two attached hydrogens (primary N) is 1. The molecular formula is C15H25Cl2N3O. The molecule has 4 nitrogen and oxygen atoms in total. The van der Waals surface area contributed by atoms with Crippen molar-refractivity contribution in [3.8, 4) is 0 Å². The fourth-order valence-electron chi connectivity index (χ4n) is 2.55. The molecule has 0 fully saturated rings. The van der Waals surface area contributed by atoms with Crippen LogP contribution in [0.15, 0.2) is 24.3 Å². The van der Waals surface area contributed by atoms with E-state index in [0.717, 1.165) is 13.0 Å². The second-order valence-electron chi connectivity index (χ2n) is 5.30. The Morgan fingerprint density at radius 3 is 2.76 bits per heavy atom. The van der Waals surface area contributed by atoms with E-state index in [-0.39, 0.29) is 36.6 Å². The molecule has 0 spiro atoms. The Balaban J connectivity index is 0.00000200. The van der Waals surface area contributed by atoms with E-state index >= 15 is 0 Å². The lowest BCUT2D eigenvalue weighted by molar-refractivity contribution is -0.124. The third-order valence-corrected chi connectivity index (χ3v) is 3.80. The van der Waals surface area contributed by atoms with Crippen LogP contribution in [-0.2, 0) is 11.2 Å². The maximum absolute atomic E-state index is 11.7. The van der Waals surface area contributed by atoms with Crippen LogP contribution in [0.25, 0.3) is 0 Å². The third kappa shape index (κ3) is 4.77. The number of benzene rings is 1. The van der Waals surface area contributed by atoms with E-state index in [0.29, 0.717) is 19.1 Å². The monoisotopic (exact) mass is 333 g/mol. The minimum atomic E-state index is -0.108. The fraction of sp³-hybridized carbons (Fsp3) is 0.533. The number of amides is 1. The predicted octanol–water partition coefficient (Wildman–Crippen LogP) is 1.99. The van der Waals surface area contributed by atoms with Gasteiger partial charge in [-0.15, -0.1) is 24.8 Å². The maximum Gasteiger partial charge on any atom is 0.224 e. The molecule has 1 aliphatic heterocycles. The summed E-state index contributed by atoms with van der Waals surface area (Å²) in [7, 11) is 0. The molecule has 1 heterocycles. The number of hydrogen-bond donors (Lipinski definition) is 2. The average molecular weight is 334 g/mol. The van der Waals surface area contributed by atoms with Gasteiger partial charge in [0.05, 0.1) is 0 Å². The van der Waals surface area contributed by atoms with Gasteiger partial charge < -0.3 is 16.0 Å². The maximum atomic E-state index is 11.7. The smallest absolute Gasteiger partial charge is 0.224 e. The van der Waals surface area contributed by atoms with Crippen LogP contribution >= 0.6 is 24.8 Å². The lowest BCUT2D eigenvalue weighted by Crippen LogP contribution is -2.40. The van der Waals surface area contributed by atoms with Crippen LogP contribution in [0.1, 0.15) is 19.4 Å². The van der Waals surface area contributed by atoms with Crippen LogP contribution < -0.4 is 16.0 Å². The SMILES string of the molecule is CC(CN)C(=O)NCCN1c2ccccc2CC1C.Cl.Cl. The van der Waals surface area contributed by atoms with E-state index in [4.69, 9.17) is 5.73 Å². The van der Waals surface area contributed by atoms with Gasteiger partial charge in [0, 0.05) is 37.3 Å². The highest BCUT2D eigenvalue weighted by Gasteiger charge is 2.24. The molecule has 1 aromatic rings. The quantitative estimate of drug-likeness (QED) is 0.866. The Labute approximate surface area is 139 Å². The van der Waals surface area contributed by atoms with Gasteiger partial charge in [-0.25, -0.2) is 0 Å². The lowest BCUT2D eigenvalue weighted by Gasteiger charge is -2.25. The molecule has 120 valence electrons. The molecule has 0 radical (unpaired) electrons. The van der Waals surface area contributed by atoms with Gasteiger partial charge in [-0.2, -0.15) is 0 Å². The normalized spacial score (nSPS) is 17.3. The molecule has 2 atom stereocenters. The first kappa shape index (κ1) is 20.0. The molecule has 2 unspecified atom stereocenters. The van der Waals surface area contributed by atoms with E-state index in [9.17, 15) is 4.79 Å². The number of carbonyl (C=O) groups excluding carboxylic acids is 1. The number of halogens is 2. The first-order chi connectivity index (χ1) is 9.13. The van der Waals surface area contributed by atoms with Gasteiger partial charge >= 0.3 is 0 Å². The molecular weight excluding hydrogens is 309 g/mol. The molecule has 1 aromatic carbocycles. The zero-order chi connectivity index (χ0) is 13.8. The van der Waals surface area contributed by atoms with Gasteiger partial charge in [0.1, 0.15) is 0 Å². The van der Waals surface area contributed by atoms with Gasteiger partial charge in [-0.05, 0) is 25.0 Å². The molecule has 0 saturated carbocycles.